The van der Waals surface area contributed by atoms with Gasteiger partial charge in [-0.3, -0.25) is 0 Å². The summed E-state index contributed by atoms with van der Waals surface area (Å²) in [5.41, 5.74) is 13.2. The smallest absolute Gasteiger partial charge is 0.225 e. The number of benzene rings is 8. The van der Waals surface area contributed by atoms with Crippen molar-refractivity contribution in [1.29, 1.82) is 0 Å². The van der Waals surface area contributed by atoms with Crippen LogP contribution in [0.5, 0.6) is 0 Å². The van der Waals surface area contributed by atoms with Crippen molar-refractivity contribution in [2.24, 2.45) is 0 Å². The molecular weight excluding hydrogens is 685 g/mol. The number of hydrogen-bond donors (Lipinski definition) is 0. The van der Waals surface area contributed by atoms with Crippen LogP contribution in [0.2, 0.25) is 0 Å². The maximum atomic E-state index is 5.50. The Morgan fingerprint density at radius 2 is 0.768 bits per heavy atom. The summed E-state index contributed by atoms with van der Waals surface area (Å²) in [5.74, 6) is 0.621. The molecular formula is C51H36N4O. The van der Waals surface area contributed by atoms with E-state index in [1.54, 1.807) is 12.5 Å². The molecule has 2 heterocycles. The van der Waals surface area contributed by atoms with Crippen molar-refractivity contribution < 1.29 is 4.42 Å². The maximum absolute atomic E-state index is 5.50. The van der Waals surface area contributed by atoms with Crippen LogP contribution < -0.4 is 9.80 Å². The Labute approximate surface area is 325 Å². The van der Waals surface area contributed by atoms with E-state index < -0.39 is 0 Å². The van der Waals surface area contributed by atoms with Gasteiger partial charge in [-0.15, -0.1) is 0 Å². The van der Waals surface area contributed by atoms with Gasteiger partial charge in [0.25, 0.3) is 0 Å². The first-order chi connectivity index (χ1) is 27.8. The second kappa shape index (κ2) is 14.3. The molecule has 0 N–H and O–H groups in total. The molecule has 0 amide bonds. The molecule has 0 aliphatic carbocycles. The number of para-hydroxylation sites is 4. The largest absolute Gasteiger partial charge is 0.445 e. The zero-order chi connectivity index (χ0) is 37.3. The van der Waals surface area contributed by atoms with Crippen LogP contribution in [-0.4, -0.2) is 9.55 Å². The number of hydrogen-bond acceptors (Lipinski definition) is 4. The van der Waals surface area contributed by atoms with Crippen LogP contribution in [-0.2, 0) is 0 Å². The summed E-state index contributed by atoms with van der Waals surface area (Å²) in [5, 5.41) is 2.34. The molecule has 0 atom stereocenters. The van der Waals surface area contributed by atoms with Gasteiger partial charge in [0.2, 0.25) is 5.89 Å². The third-order valence-electron chi connectivity index (χ3n) is 10.3. The first-order valence-corrected chi connectivity index (χ1v) is 18.8. The van der Waals surface area contributed by atoms with Crippen molar-refractivity contribution in [2.45, 2.75) is 0 Å². The Balaban J connectivity index is 1.15. The molecule has 0 unspecified atom stereocenters. The van der Waals surface area contributed by atoms with E-state index in [1.807, 2.05) is 0 Å². The van der Waals surface area contributed by atoms with Crippen LogP contribution in [0.4, 0.5) is 34.1 Å². The number of anilines is 6. The molecule has 0 bridgehead atoms. The van der Waals surface area contributed by atoms with Gasteiger partial charge >= 0.3 is 0 Å². The molecule has 266 valence electrons. The van der Waals surface area contributed by atoms with Crippen LogP contribution in [0.25, 0.3) is 50.1 Å². The van der Waals surface area contributed by atoms with Crippen LogP contribution >= 0.6 is 0 Å². The monoisotopic (exact) mass is 720 g/mol. The number of rotatable bonds is 9. The fraction of sp³-hybridized carbons (Fsp3) is 0. The average Bonchev–Trinajstić information content (AvgIpc) is 3.93. The van der Waals surface area contributed by atoms with Gasteiger partial charge in [0.1, 0.15) is 6.26 Å². The van der Waals surface area contributed by atoms with Gasteiger partial charge < -0.3 is 18.8 Å². The molecule has 10 aromatic rings. The van der Waals surface area contributed by atoms with Gasteiger partial charge in [0.05, 0.1) is 17.2 Å². The predicted molar refractivity (Wildman–Crippen MR) is 231 cm³/mol. The van der Waals surface area contributed by atoms with Gasteiger partial charge in [-0.05, 0) is 120 Å². The summed E-state index contributed by atoms with van der Waals surface area (Å²) in [6.45, 7) is 0. The summed E-state index contributed by atoms with van der Waals surface area (Å²) in [7, 11) is 0. The molecule has 0 radical (unpaired) electrons. The molecule has 0 spiro atoms. The Bertz CT molecular complexity index is 2650. The highest BCUT2D eigenvalue weighted by molar-refractivity contribution is 6.12. The van der Waals surface area contributed by atoms with E-state index >= 15 is 0 Å². The van der Waals surface area contributed by atoms with E-state index in [4.69, 9.17) is 4.42 Å². The molecule has 5 heteroatoms. The second-order valence-electron chi connectivity index (χ2n) is 13.7. The number of fused-ring (bicyclic) bond motifs is 3. The summed E-state index contributed by atoms with van der Waals surface area (Å²) in [4.78, 5) is 8.95. The van der Waals surface area contributed by atoms with E-state index in [2.05, 4.69) is 226 Å². The van der Waals surface area contributed by atoms with Crippen molar-refractivity contribution in [1.82, 2.24) is 9.55 Å². The lowest BCUT2D eigenvalue weighted by atomic mass is 10.0. The molecule has 0 fully saturated rings. The topological polar surface area (TPSA) is 37.4 Å². The predicted octanol–water partition coefficient (Wildman–Crippen LogP) is 14.0. The van der Waals surface area contributed by atoms with Crippen LogP contribution in [0.15, 0.2) is 223 Å². The number of oxazole rings is 1. The number of nitrogens with zero attached hydrogens (tertiary/aromatic N) is 4. The Morgan fingerprint density at radius 1 is 0.375 bits per heavy atom. The van der Waals surface area contributed by atoms with Gasteiger partial charge in [0.15, 0.2) is 0 Å². The highest BCUT2D eigenvalue weighted by atomic mass is 16.3. The van der Waals surface area contributed by atoms with E-state index in [0.29, 0.717) is 5.89 Å². The number of aromatic nitrogens is 2. The van der Waals surface area contributed by atoms with Crippen molar-refractivity contribution in [3.05, 3.63) is 219 Å². The first-order valence-electron chi connectivity index (χ1n) is 18.8. The quantitative estimate of drug-likeness (QED) is 0.149. The van der Waals surface area contributed by atoms with Gasteiger partial charge in [-0.2, -0.15) is 0 Å². The van der Waals surface area contributed by atoms with Crippen LogP contribution in [0.3, 0.4) is 0 Å². The fourth-order valence-electron chi connectivity index (χ4n) is 7.73. The van der Waals surface area contributed by atoms with Crippen molar-refractivity contribution in [3.8, 4) is 28.3 Å². The fourth-order valence-corrected chi connectivity index (χ4v) is 7.73. The van der Waals surface area contributed by atoms with Gasteiger partial charge in [-0.1, -0.05) is 97.1 Å². The van der Waals surface area contributed by atoms with E-state index in [-0.39, 0.29) is 0 Å². The molecule has 0 aliphatic rings. The Hall–Kier alpha value is -7.63. The first kappa shape index (κ1) is 33.0. The standard InChI is InChI=1S/C51H36N4O/c1-5-13-40(14-6-1)53(41-15-7-2-8-16-41)45-29-31-49-47(35-45)48-36-46(54(42-17-9-3-10-18-42)43-19-11-4-12-20-43)30-32-50(48)55(49)44-27-25-38(26-28-44)37-21-23-39(24-22-37)51-52-33-34-56-51/h1-36H. The molecule has 5 nitrogen and oxygen atoms in total. The second-order valence-corrected chi connectivity index (χ2v) is 13.7. The molecule has 0 saturated carbocycles. The zero-order valence-corrected chi connectivity index (χ0v) is 30.5. The van der Waals surface area contributed by atoms with Gasteiger partial charge in [-0.25, -0.2) is 4.98 Å². The van der Waals surface area contributed by atoms with E-state index in [1.165, 1.54) is 10.8 Å². The summed E-state index contributed by atoms with van der Waals surface area (Å²) < 4.78 is 7.89. The highest BCUT2D eigenvalue weighted by Gasteiger charge is 2.20. The van der Waals surface area contributed by atoms with Crippen LogP contribution in [0, 0.1) is 0 Å². The molecule has 2 aromatic heterocycles. The lowest BCUT2D eigenvalue weighted by molar-refractivity contribution is 0.574. The minimum atomic E-state index is 0.621. The molecule has 0 aliphatic heterocycles. The molecule has 0 saturated heterocycles. The van der Waals surface area contributed by atoms with E-state index in [0.717, 1.165) is 67.5 Å². The summed E-state index contributed by atoms with van der Waals surface area (Å²) in [6.07, 6.45) is 3.27. The molecule has 56 heavy (non-hydrogen) atoms. The molecule has 8 aromatic carbocycles. The average molecular weight is 721 g/mol. The minimum absolute atomic E-state index is 0.621. The Morgan fingerprint density at radius 3 is 1.16 bits per heavy atom. The third kappa shape index (κ3) is 6.07. The highest BCUT2D eigenvalue weighted by Crippen LogP contribution is 2.42. The SMILES string of the molecule is c1ccc(N(c2ccccc2)c2ccc3c(c2)c2cc(N(c4ccccc4)c4ccccc4)ccc2n3-c2ccc(-c3ccc(-c4ncco4)cc3)cc2)cc1. The lowest BCUT2D eigenvalue weighted by Gasteiger charge is -2.26. The maximum Gasteiger partial charge on any atom is 0.225 e. The minimum Gasteiger partial charge on any atom is -0.445 e. The van der Waals surface area contributed by atoms with E-state index in [9.17, 15) is 0 Å². The third-order valence-corrected chi connectivity index (χ3v) is 10.3. The lowest BCUT2D eigenvalue weighted by Crippen LogP contribution is -2.09. The normalized spacial score (nSPS) is 11.2. The summed E-state index contributed by atoms with van der Waals surface area (Å²) >= 11 is 0. The molecule has 10 rings (SSSR count). The van der Waals surface area contributed by atoms with Crippen molar-refractivity contribution >= 4 is 55.9 Å². The zero-order valence-electron chi connectivity index (χ0n) is 30.5. The van der Waals surface area contributed by atoms with Crippen molar-refractivity contribution in [3.63, 3.8) is 0 Å². The summed E-state index contributed by atoms with van der Waals surface area (Å²) in [6, 6.07) is 73.2. The van der Waals surface area contributed by atoms with Gasteiger partial charge in [0, 0.05) is 56.1 Å². The van der Waals surface area contributed by atoms with Crippen molar-refractivity contribution in [2.75, 3.05) is 9.80 Å². The van der Waals surface area contributed by atoms with Crippen LogP contribution in [0.1, 0.15) is 0 Å². The Kier molecular flexibility index (Phi) is 8.43.